The van der Waals surface area contributed by atoms with Crippen molar-refractivity contribution in [1.82, 2.24) is 4.90 Å². The minimum Gasteiger partial charge on any atom is -0.339 e. The van der Waals surface area contributed by atoms with E-state index in [4.69, 9.17) is 0 Å². The lowest BCUT2D eigenvalue weighted by Crippen LogP contribution is -2.50. The van der Waals surface area contributed by atoms with Gasteiger partial charge < -0.3 is 4.90 Å². The normalized spacial score (nSPS) is 31.3. The van der Waals surface area contributed by atoms with E-state index in [0.29, 0.717) is 10.5 Å². The van der Waals surface area contributed by atoms with Gasteiger partial charge in [0.2, 0.25) is 5.91 Å². The minimum absolute atomic E-state index is 0.107. The molecule has 0 radical (unpaired) electrons. The van der Waals surface area contributed by atoms with Crippen molar-refractivity contribution in [3.05, 3.63) is 0 Å². The van der Waals surface area contributed by atoms with Gasteiger partial charge in [0.05, 0.1) is 6.07 Å². The zero-order valence-corrected chi connectivity index (χ0v) is 12.8. The second kappa shape index (κ2) is 6.17. The van der Waals surface area contributed by atoms with Crippen molar-refractivity contribution >= 4 is 17.7 Å². The summed E-state index contributed by atoms with van der Waals surface area (Å²) in [6, 6.07) is 2.39. The second-order valence-corrected chi connectivity index (χ2v) is 7.96. The summed E-state index contributed by atoms with van der Waals surface area (Å²) in [5, 5.41) is 10.6. The summed E-state index contributed by atoms with van der Waals surface area (Å²) < 4.78 is 0. The van der Waals surface area contributed by atoms with E-state index in [9.17, 15) is 10.1 Å². The summed E-state index contributed by atoms with van der Waals surface area (Å²) >= 11 is 1.94. The van der Waals surface area contributed by atoms with Crippen LogP contribution in [0.5, 0.6) is 0 Å². The molecule has 106 valence electrons. The van der Waals surface area contributed by atoms with Gasteiger partial charge >= 0.3 is 0 Å². The molecule has 1 aliphatic heterocycles. The largest absolute Gasteiger partial charge is 0.339 e. The number of hydrogen-bond donors (Lipinski definition) is 0. The quantitative estimate of drug-likeness (QED) is 0.693. The van der Waals surface area contributed by atoms with E-state index in [2.05, 4.69) is 19.9 Å². The Balaban J connectivity index is 2.13. The molecule has 2 rings (SSSR count). The molecule has 0 N–H and O–H groups in total. The van der Waals surface area contributed by atoms with E-state index in [0.717, 1.165) is 38.8 Å². The molecule has 4 heteroatoms. The standard InChI is InChI=1S/C15H24N2OS/c1-12-9-17(10-13(2)19-12)14(18)15(11-16)7-5-3-4-6-8-15/h12-13H,3-10H2,1-2H3. The predicted molar refractivity (Wildman–Crippen MR) is 78.8 cm³/mol. The second-order valence-electron chi connectivity index (χ2n) is 6.08. The molecule has 1 aliphatic carbocycles. The molecule has 3 nitrogen and oxygen atoms in total. The van der Waals surface area contributed by atoms with Gasteiger partial charge in [0, 0.05) is 23.6 Å². The van der Waals surface area contributed by atoms with Crippen molar-refractivity contribution in [2.75, 3.05) is 13.1 Å². The third-order valence-corrected chi connectivity index (χ3v) is 5.51. The lowest BCUT2D eigenvalue weighted by atomic mass is 9.80. The van der Waals surface area contributed by atoms with Gasteiger partial charge in [-0.1, -0.05) is 39.5 Å². The fraction of sp³-hybridized carbons (Fsp3) is 0.867. The molecule has 0 spiro atoms. The van der Waals surface area contributed by atoms with Crippen LogP contribution in [0.1, 0.15) is 52.4 Å². The first-order valence-corrected chi connectivity index (χ1v) is 8.38. The molecule has 2 aliphatic rings. The molecule has 1 saturated carbocycles. The number of carbonyl (C=O) groups is 1. The monoisotopic (exact) mass is 280 g/mol. The van der Waals surface area contributed by atoms with Crippen LogP contribution in [0.2, 0.25) is 0 Å². The number of nitriles is 1. The number of hydrogen-bond acceptors (Lipinski definition) is 3. The summed E-state index contributed by atoms with van der Waals surface area (Å²) in [7, 11) is 0. The van der Waals surface area contributed by atoms with Gasteiger partial charge in [0.15, 0.2) is 0 Å². The Morgan fingerprint density at radius 2 is 1.68 bits per heavy atom. The summed E-state index contributed by atoms with van der Waals surface area (Å²) in [5.74, 6) is 0.107. The maximum Gasteiger partial charge on any atom is 0.243 e. The molecular weight excluding hydrogens is 256 g/mol. The minimum atomic E-state index is -0.724. The van der Waals surface area contributed by atoms with Gasteiger partial charge in [-0.05, 0) is 12.8 Å². The summed E-state index contributed by atoms with van der Waals surface area (Å²) in [6.45, 7) is 5.95. The van der Waals surface area contributed by atoms with Crippen molar-refractivity contribution in [3.63, 3.8) is 0 Å². The lowest BCUT2D eigenvalue weighted by Gasteiger charge is -2.38. The first-order valence-electron chi connectivity index (χ1n) is 7.43. The van der Waals surface area contributed by atoms with Gasteiger partial charge in [0.1, 0.15) is 5.41 Å². The zero-order valence-electron chi connectivity index (χ0n) is 12.0. The van der Waals surface area contributed by atoms with Crippen LogP contribution in [0, 0.1) is 16.7 Å². The molecule has 1 heterocycles. The molecule has 2 fully saturated rings. The highest BCUT2D eigenvalue weighted by molar-refractivity contribution is 8.00. The molecule has 1 saturated heterocycles. The lowest BCUT2D eigenvalue weighted by molar-refractivity contribution is -0.139. The van der Waals surface area contributed by atoms with Crippen molar-refractivity contribution in [3.8, 4) is 6.07 Å². The molecule has 19 heavy (non-hydrogen) atoms. The van der Waals surface area contributed by atoms with E-state index in [-0.39, 0.29) is 5.91 Å². The van der Waals surface area contributed by atoms with Gasteiger partial charge in [-0.3, -0.25) is 4.79 Å². The van der Waals surface area contributed by atoms with Crippen molar-refractivity contribution in [2.45, 2.75) is 62.9 Å². The molecule has 0 aromatic carbocycles. The Morgan fingerprint density at radius 3 is 2.16 bits per heavy atom. The van der Waals surface area contributed by atoms with E-state index < -0.39 is 5.41 Å². The molecule has 2 atom stereocenters. The van der Waals surface area contributed by atoms with Gasteiger partial charge in [-0.15, -0.1) is 0 Å². The highest BCUT2D eigenvalue weighted by Crippen LogP contribution is 2.38. The van der Waals surface area contributed by atoms with Crippen LogP contribution in [0.25, 0.3) is 0 Å². The molecule has 0 aromatic rings. The average Bonchev–Trinajstić information content (AvgIpc) is 2.63. The Kier molecular flexibility index (Phi) is 4.78. The van der Waals surface area contributed by atoms with Crippen molar-refractivity contribution < 1.29 is 4.79 Å². The molecule has 0 aromatic heterocycles. The summed E-state index contributed by atoms with van der Waals surface area (Å²) in [4.78, 5) is 14.8. The van der Waals surface area contributed by atoms with Gasteiger partial charge in [-0.2, -0.15) is 17.0 Å². The van der Waals surface area contributed by atoms with Crippen LogP contribution >= 0.6 is 11.8 Å². The van der Waals surface area contributed by atoms with E-state index in [1.807, 2.05) is 16.7 Å². The molecule has 1 amide bonds. The maximum atomic E-state index is 12.8. The zero-order chi connectivity index (χ0) is 13.9. The Morgan fingerprint density at radius 1 is 1.16 bits per heavy atom. The molecule has 0 bridgehead atoms. The van der Waals surface area contributed by atoms with E-state index in [1.54, 1.807) is 0 Å². The fourth-order valence-corrected chi connectivity index (χ4v) is 4.68. The maximum absolute atomic E-state index is 12.8. The van der Waals surface area contributed by atoms with Crippen molar-refractivity contribution in [2.24, 2.45) is 5.41 Å². The third kappa shape index (κ3) is 3.25. The fourth-order valence-electron chi connectivity index (χ4n) is 3.35. The van der Waals surface area contributed by atoms with Crippen LogP contribution in [0.4, 0.5) is 0 Å². The highest BCUT2D eigenvalue weighted by atomic mass is 32.2. The third-order valence-electron chi connectivity index (χ3n) is 4.29. The van der Waals surface area contributed by atoms with Crippen LogP contribution in [-0.2, 0) is 4.79 Å². The Hall–Kier alpha value is -0.690. The van der Waals surface area contributed by atoms with Gasteiger partial charge in [0.25, 0.3) is 0 Å². The SMILES string of the molecule is CC1CN(C(=O)C2(C#N)CCCCCC2)CC(C)S1. The average molecular weight is 280 g/mol. The number of carbonyl (C=O) groups excluding carboxylic acids is 1. The van der Waals surface area contributed by atoms with E-state index in [1.165, 1.54) is 12.8 Å². The van der Waals surface area contributed by atoms with E-state index >= 15 is 0 Å². The predicted octanol–water partition coefficient (Wildman–Crippen LogP) is 3.20. The van der Waals surface area contributed by atoms with Crippen LogP contribution < -0.4 is 0 Å². The number of rotatable bonds is 1. The van der Waals surface area contributed by atoms with Crippen LogP contribution in [0.3, 0.4) is 0 Å². The Labute approximate surface area is 120 Å². The molecule has 2 unspecified atom stereocenters. The smallest absolute Gasteiger partial charge is 0.243 e. The first kappa shape index (κ1) is 14.7. The number of amides is 1. The Bertz CT molecular complexity index is 359. The summed E-state index contributed by atoms with van der Waals surface area (Å²) in [5.41, 5.74) is -0.724. The van der Waals surface area contributed by atoms with Crippen LogP contribution in [0.15, 0.2) is 0 Å². The van der Waals surface area contributed by atoms with Crippen LogP contribution in [-0.4, -0.2) is 34.4 Å². The van der Waals surface area contributed by atoms with Gasteiger partial charge in [-0.25, -0.2) is 0 Å². The summed E-state index contributed by atoms with van der Waals surface area (Å²) in [6.07, 6.45) is 5.89. The number of nitrogens with zero attached hydrogens (tertiary/aromatic N) is 2. The van der Waals surface area contributed by atoms with Crippen molar-refractivity contribution in [1.29, 1.82) is 5.26 Å². The highest BCUT2D eigenvalue weighted by Gasteiger charge is 2.43. The first-order chi connectivity index (χ1) is 9.07. The number of thioether (sulfide) groups is 1. The molecular formula is C15H24N2OS. The topological polar surface area (TPSA) is 44.1 Å².